The number of hydrogen-bond acceptors (Lipinski definition) is 3. The zero-order chi connectivity index (χ0) is 18.9. The third-order valence-electron chi connectivity index (χ3n) is 5.30. The van der Waals surface area contributed by atoms with Crippen molar-refractivity contribution in [3.05, 3.63) is 35.0 Å². The molecule has 2 N–H and O–H groups in total. The van der Waals surface area contributed by atoms with E-state index in [-0.39, 0.29) is 17.1 Å². The van der Waals surface area contributed by atoms with Crippen LogP contribution in [0.4, 0.5) is 0 Å². The molecular weight excluding hydrogens is 328 g/mol. The number of ketones is 1. The van der Waals surface area contributed by atoms with E-state index in [4.69, 9.17) is 5.21 Å². The largest absolute Gasteiger partial charge is 0.344 e. The molecule has 3 rings (SSSR count). The molecular formula is C21H28N2O3. The number of Topliss-reactive ketones (excluding diaryl/α,β-unsaturated/α-hetero) is 1. The quantitative estimate of drug-likeness (QED) is 0.463. The van der Waals surface area contributed by atoms with Crippen molar-refractivity contribution in [1.82, 2.24) is 10.0 Å². The van der Waals surface area contributed by atoms with E-state index < -0.39 is 0 Å². The molecule has 0 saturated heterocycles. The molecule has 1 amide bonds. The van der Waals surface area contributed by atoms with E-state index in [2.05, 4.69) is 43.5 Å². The molecule has 0 bridgehead atoms. The van der Waals surface area contributed by atoms with Gasteiger partial charge in [0.2, 0.25) is 5.91 Å². The van der Waals surface area contributed by atoms with Gasteiger partial charge in [-0.05, 0) is 43.2 Å². The first kappa shape index (κ1) is 18.6. The SMILES string of the molecule is Cc1ccc2c3c(n(CCCCCC(=O)NO)c2c1)CC(C)(C)CC3=O. The summed E-state index contributed by atoms with van der Waals surface area (Å²) in [6, 6.07) is 6.34. The number of nitrogens with zero attached hydrogens (tertiary/aromatic N) is 1. The Morgan fingerprint density at radius 2 is 2.00 bits per heavy atom. The van der Waals surface area contributed by atoms with E-state index >= 15 is 0 Å². The van der Waals surface area contributed by atoms with Crippen LogP contribution in [0.1, 0.15) is 67.6 Å². The summed E-state index contributed by atoms with van der Waals surface area (Å²) in [6.07, 6.45) is 4.45. The van der Waals surface area contributed by atoms with E-state index in [0.717, 1.165) is 48.7 Å². The Kier molecular flexibility index (Phi) is 5.19. The lowest BCUT2D eigenvalue weighted by Gasteiger charge is -2.29. The Hall–Kier alpha value is -2.14. The molecule has 0 aliphatic heterocycles. The summed E-state index contributed by atoms with van der Waals surface area (Å²) in [5, 5.41) is 9.63. The number of rotatable bonds is 6. The fourth-order valence-electron chi connectivity index (χ4n) is 4.09. The first-order valence-corrected chi connectivity index (χ1v) is 9.40. The summed E-state index contributed by atoms with van der Waals surface area (Å²) < 4.78 is 2.32. The van der Waals surface area contributed by atoms with Crippen molar-refractivity contribution in [1.29, 1.82) is 0 Å². The average molecular weight is 356 g/mol. The van der Waals surface area contributed by atoms with Gasteiger partial charge in [-0.3, -0.25) is 14.8 Å². The maximum atomic E-state index is 12.8. The Morgan fingerprint density at radius 1 is 1.23 bits per heavy atom. The predicted molar refractivity (Wildman–Crippen MR) is 102 cm³/mol. The van der Waals surface area contributed by atoms with Crippen LogP contribution in [0.25, 0.3) is 10.9 Å². The highest BCUT2D eigenvalue weighted by Gasteiger charge is 2.35. The average Bonchev–Trinajstić information content (AvgIpc) is 2.86. The van der Waals surface area contributed by atoms with Crippen molar-refractivity contribution in [2.24, 2.45) is 5.41 Å². The monoisotopic (exact) mass is 356 g/mol. The number of hydroxylamine groups is 1. The number of nitrogens with one attached hydrogen (secondary N) is 1. The highest BCUT2D eigenvalue weighted by Crippen LogP contribution is 2.40. The number of amides is 1. The number of benzene rings is 1. The maximum Gasteiger partial charge on any atom is 0.243 e. The second-order valence-corrected chi connectivity index (χ2v) is 8.28. The standard InChI is InChI=1S/C21H28N2O3/c1-14-8-9-15-16(11-14)23(10-6-4-5-7-19(25)22-26)17-12-21(2,3)13-18(24)20(15)17/h8-9,11,26H,4-7,10,12-13H2,1-3H3,(H,22,25). The smallest absolute Gasteiger partial charge is 0.243 e. The lowest BCUT2D eigenvalue weighted by molar-refractivity contribution is -0.129. The maximum absolute atomic E-state index is 12.8. The minimum atomic E-state index is -0.336. The fraction of sp³-hybridized carbons (Fsp3) is 0.524. The summed E-state index contributed by atoms with van der Waals surface area (Å²) in [6.45, 7) is 7.25. The molecule has 26 heavy (non-hydrogen) atoms. The number of aromatic nitrogens is 1. The van der Waals surface area contributed by atoms with Gasteiger partial charge >= 0.3 is 0 Å². The van der Waals surface area contributed by atoms with Crippen LogP contribution in [-0.4, -0.2) is 21.5 Å². The molecule has 5 nitrogen and oxygen atoms in total. The Labute approximate surface area is 154 Å². The Balaban J connectivity index is 1.88. The second kappa shape index (κ2) is 7.23. The van der Waals surface area contributed by atoms with Gasteiger partial charge in [-0.2, -0.15) is 0 Å². The Bertz CT molecular complexity index is 849. The number of carbonyl (C=O) groups is 2. The summed E-state index contributed by atoms with van der Waals surface area (Å²) in [5.41, 5.74) is 6.09. The molecule has 1 aromatic carbocycles. The van der Waals surface area contributed by atoms with Crippen LogP contribution in [0, 0.1) is 12.3 Å². The first-order valence-electron chi connectivity index (χ1n) is 9.40. The van der Waals surface area contributed by atoms with Crippen LogP contribution < -0.4 is 5.48 Å². The van der Waals surface area contributed by atoms with Gasteiger partial charge in [0.1, 0.15) is 0 Å². The number of carbonyl (C=O) groups excluding carboxylic acids is 2. The third kappa shape index (κ3) is 3.68. The van der Waals surface area contributed by atoms with Crippen molar-refractivity contribution in [2.75, 3.05) is 0 Å². The lowest BCUT2D eigenvalue weighted by atomic mass is 9.75. The number of aryl methyl sites for hydroxylation is 2. The zero-order valence-corrected chi connectivity index (χ0v) is 15.9. The fourth-order valence-corrected chi connectivity index (χ4v) is 4.09. The molecule has 2 aromatic rings. The van der Waals surface area contributed by atoms with Crippen molar-refractivity contribution in [2.45, 2.75) is 65.8 Å². The lowest BCUT2D eigenvalue weighted by Crippen LogP contribution is -2.28. The third-order valence-corrected chi connectivity index (χ3v) is 5.30. The number of unbranched alkanes of at least 4 members (excludes halogenated alkanes) is 2. The second-order valence-electron chi connectivity index (χ2n) is 8.28. The van der Waals surface area contributed by atoms with E-state index in [1.807, 2.05) is 0 Å². The van der Waals surface area contributed by atoms with Gasteiger partial charge in [-0.15, -0.1) is 0 Å². The molecule has 0 radical (unpaired) electrons. The normalized spacial score (nSPS) is 15.9. The van der Waals surface area contributed by atoms with Gasteiger partial charge in [0.25, 0.3) is 0 Å². The van der Waals surface area contributed by atoms with Crippen molar-refractivity contribution in [3.8, 4) is 0 Å². The van der Waals surface area contributed by atoms with Crippen LogP contribution in [-0.2, 0) is 17.8 Å². The minimum Gasteiger partial charge on any atom is -0.344 e. The summed E-state index contributed by atoms with van der Waals surface area (Å²) in [7, 11) is 0. The van der Waals surface area contributed by atoms with Crippen LogP contribution in [0.5, 0.6) is 0 Å². The summed E-state index contributed by atoms with van der Waals surface area (Å²) in [4.78, 5) is 23.9. The molecule has 5 heteroatoms. The van der Waals surface area contributed by atoms with Crippen LogP contribution in [0.15, 0.2) is 18.2 Å². The molecule has 0 atom stereocenters. The van der Waals surface area contributed by atoms with Crippen LogP contribution in [0.2, 0.25) is 0 Å². The van der Waals surface area contributed by atoms with E-state index in [0.29, 0.717) is 12.8 Å². The molecule has 0 spiro atoms. The van der Waals surface area contributed by atoms with Gasteiger partial charge in [0.05, 0.1) is 0 Å². The molecule has 140 valence electrons. The molecule has 0 saturated carbocycles. The summed E-state index contributed by atoms with van der Waals surface area (Å²) >= 11 is 0. The van der Waals surface area contributed by atoms with Crippen molar-refractivity contribution in [3.63, 3.8) is 0 Å². The van der Waals surface area contributed by atoms with Crippen molar-refractivity contribution >= 4 is 22.6 Å². The summed E-state index contributed by atoms with van der Waals surface area (Å²) in [5.74, 6) is -0.0831. The molecule has 0 unspecified atom stereocenters. The van der Waals surface area contributed by atoms with Crippen LogP contribution >= 0.6 is 0 Å². The van der Waals surface area contributed by atoms with Gasteiger partial charge < -0.3 is 4.57 Å². The highest BCUT2D eigenvalue weighted by molar-refractivity contribution is 6.10. The molecule has 1 aromatic heterocycles. The number of fused-ring (bicyclic) bond motifs is 3. The van der Waals surface area contributed by atoms with Gasteiger partial charge in [0.15, 0.2) is 5.78 Å². The van der Waals surface area contributed by atoms with Gasteiger partial charge in [-0.25, -0.2) is 5.48 Å². The van der Waals surface area contributed by atoms with Crippen molar-refractivity contribution < 1.29 is 14.8 Å². The predicted octanol–water partition coefficient (Wildman–Crippen LogP) is 4.17. The van der Waals surface area contributed by atoms with Crippen LogP contribution in [0.3, 0.4) is 0 Å². The van der Waals surface area contributed by atoms with Gasteiger partial charge in [0, 0.05) is 41.5 Å². The van der Waals surface area contributed by atoms with E-state index in [9.17, 15) is 9.59 Å². The van der Waals surface area contributed by atoms with E-state index in [1.54, 1.807) is 5.48 Å². The molecule has 1 aliphatic carbocycles. The van der Waals surface area contributed by atoms with E-state index in [1.165, 1.54) is 11.3 Å². The number of hydrogen-bond donors (Lipinski definition) is 2. The highest BCUT2D eigenvalue weighted by atomic mass is 16.5. The molecule has 1 heterocycles. The minimum absolute atomic E-state index is 0.00946. The topological polar surface area (TPSA) is 71.3 Å². The first-order chi connectivity index (χ1) is 12.3. The Morgan fingerprint density at radius 3 is 2.73 bits per heavy atom. The molecule has 1 aliphatic rings. The zero-order valence-electron chi connectivity index (χ0n) is 15.9. The van der Waals surface area contributed by atoms with Gasteiger partial charge in [-0.1, -0.05) is 32.4 Å². The molecule has 0 fully saturated rings.